The van der Waals surface area contributed by atoms with Crippen molar-refractivity contribution in [2.75, 3.05) is 5.73 Å². The van der Waals surface area contributed by atoms with Crippen molar-refractivity contribution in [3.8, 4) is 0 Å². The fourth-order valence-corrected chi connectivity index (χ4v) is 3.06. The predicted molar refractivity (Wildman–Crippen MR) is 117 cm³/mol. The molecule has 7 heteroatoms. The summed E-state index contributed by atoms with van der Waals surface area (Å²) in [7, 11) is 0. The third kappa shape index (κ3) is 6.91. The molecule has 4 aromatic rings. The monoisotopic (exact) mass is 497 g/mol. The van der Waals surface area contributed by atoms with E-state index in [0.717, 1.165) is 45.0 Å². The summed E-state index contributed by atoms with van der Waals surface area (Å²) in [5.41, 5.74) is 11.1. The summed E-state index contributed by atoms with van der Waals surface area (Å²) in [6.45, 7) is 6.03. The van der Waals surface area contributed by atoms with Gasteiger partial charge in [0.05, 0.1) is 11.0 Å². The fourth-order valence-electron chi connectivity index (χ4n) is 3.06. The van der Waals surface area contributed by atoms with Gasteiger partial charge in [0, 0.05) is 29.1 Å². The second-order valence-electron chi connectivity index (χ2n) is 6.89. The standard InChI is InChI=1S/C16H14N2O.C8H11N.2ClH.Fe/c1-2-4-14(19)13-9-8-12-7-6-11-5-3-10-17-15(11)16(12)18-13;1-6-4-3-5-7(2)8(6)9;;;/h3,5-10H,2,4H2,1H3;3-5H,9H2,1-2H3;2*1H;/q;;;;+2/p-2. The number of ketones is 1. The van der Waals surface area contributed by atoms with Gasteiger partial charge in [0.2, 0.25) is 0 Å². The molecule has 0 bridgehead atoms. The number of aromatic nitrogens is 2. The number of carbonyl (C=O) groups is 1. The molecule has 2 heterocycles. The van der Waals surface area contributed by atoms with Gasteiger partial charge in [-0.1, -0.05) is 49.4 Å². The second-order valence-corrected chi connectivity index (χ2v) is 6.89. The minimum atomic E-state index is 0. The number of pyridine rings is 2. The number of halogens is 2. The Hall–Kier alpha value is -2.17. The molecule has 0 fully saturated rings. The van der Waals surface area contributed by atoms with E-state index in [1.165, 1.54) is 0 Å². The zero-order chi connectivity index (χ0) is 20.1. The number of nitrogen functional groups attached to an aromatic ring is 1. The number of Topliss-reactive ketones (excluding diaryl/α,β-unsaturated/α-hetero) is 1. The molecule has 2 aromatic heterocycles. The number of rotatable bonds is 3. The Kier molecular flexibility index (Phi) is 12.4. The smallest absolute Gasteiger partial charge is 1.00 e. The third-order valence-electron chi connectivity index (χ3n) is 4.74. The fraction of sp³-hybridized carbons (Fsp3) is 0.208. The SMILES string of the molecule is CCCC(=O)c1ccc2ccc3cccnc3c2n1.Cc1cccc(C)c1N.[Cl-].[Cl-].[Fe+2]. The van der Waals surface area contributed by atoms with Crippen LogP contribution in [0.3, 0.4) is 0 Å². The van der Waals surface area contributed by atoms with Crippen LogP contribution in [0.5, 0.6) is 0 Å². The molecule has 0 atom stereocenters. The molecule has 0 aliphatic carbocycles. The first-order chi connectivity index (χ1) is 13.5. The van der Waals surface area contributed by atoms with Crippen molar-refractivity contribution in [2.24, 2.45) is 0 Å². The molecule has 0 unspecified atom stereocenters. The van der Waals surface area contributed by atoms with Crippen LogP contribution in [-0.2, 0) is 17.1 Å². The largest absolute Gasteiger partial charge is 2.00 e. The number of para-hydroxylation sites is 1. The quantitative estimate of drug-likeness (QED) is 0.182. The van der Waals surface area contributed by atoms with Crippen molar-refractivity contribution in [1.29, 1.82) is 0 Å². The van der Waals surface area contributed by atoms with Crippen LogP contribution >= 0.6 is 0 Å². The maximum atomic E-state index is 11.9. The van der Waals surface area contributed by atoms with Gasteiger partial charge in [0.15, 0.2) is 5.78 Å². The van der Waals surface area contributed by atoms with E-state index in [1.54, 1.807) is 12.3 Å². The molecule has 0 saturated carbocycles. The van der Waals surface area contributed by atoms with E-state index in [1.807, 2.05) is 69.3 Å². The Balaban J connectivity index is 0.000000648. The van der Waals surface area contributed by atoms with Gasteiger partial charge in [0.25, 0.3) is 0 Å². The molecule has 0 spiro atoms. The van der Waals surface area contributed by atoms with Crippen LogP contribution in [-0.4, -0.2) is 15.8 Å². The average molecular weight is 498 g/mol. The Morgan fingerprint density at radius 2 is 1.45 bits per heavy atom. The molecule has 0 radical (unpaired) electrons. The predicted octanol–water partition coefficient (Wildman–Crippen LogP) is -0.343. The van der Waals surface area contributed by atoms with Gasteiger partial charge in [-0.15, -0.1) is 0 Å². The van der Waals surface area contributed by atoms with Crippen LogP contribution in [0.15, 0.2) is 60.8 Å². The molecule has 0 saturated heterocycles. The summed E-state index contributed by atoms with van der Waals surface area (Å²) in [5.74, 6) is 0.0948. The molecule has 2 N–H and O–H groups in total. The van der Waals surface area contributed by atoms with E-state index in [2.05, 4.69) is 9.97 Å². The molecule has 0 amide bonds. The van der Waals surface area contributed by atoms with Crippen molar-refractivity contribution in [2.45, 2.75) is 33.6 Å². The number of carbonyl (C=O) groups excluding carboxylic acids is 1. The normalized spacial score (nSPS) is 9.52. The molecule has 164 valence electrons. The van der Waals surface area contributed by atoms with Crippen LogP contribution in [0.4, 0.5) is 5.69 Å². The molecule has 4 rings (SSSR count). The Morgan fingerprint density at radius 3 is 2.03 bits per heavy atom. The zero-order valence-electron chi connectivity index (χ0n) is 17.7. The minimum Gasteiger partial charge on any atom is -1.00 e. The number of benzene rings is 2. The van der Waals surface area contributed by atoms with Crippen LogP contribution in [0, 0.1) is 13.8 Å². The summed E-state index contributed by atoms with van der Waals surface area (Å²) >= 11 is 0. The van der Waals surface area contributed by atoms with Crippen LogP contribution < -0.4 is 30.5 Å². The molecule has 31 heavy (non-hydrogen) atoms. The van der Waals surface area contributed by atoms with Crippen LogP contribution in [0.25, 0.3) is 21.8 Å². The summed E-state index contributed by atoms with van der Waals surface area (Å²) < 4.78 is 0. The van der Waals surface area contributed by atoms with E-state index in [9.17, 15) is 4.79 Å². The average Bonchev–Trinajstić information content (AvgIpc) is 2.72. The van der Waals surface area contributed by atoms with Gasteiger partial charge < -0.3 is 30.5 Å². The number of fused-ring (bicyclic) bond motifs is 3. The van der Waals surface area contributed by atoms with Gasteiger partial charge in [0.1, 0.15) is 5.69 Å². The van der Waals surface area contributed by atoms with Crippen molar-refractivity contribution < 1.29 is 46.7 Å². The molecule has 4 nitrogen and oxygen atoms in total. The first-order valence-electron chi connectivity index (χ1n) is 9.50. The summed E-state index contributed by atoms with van der Waals surface area (Å²) in [6.07, 6.45) is 3.13. The van der Waals surface area contributed by atoms with Gasteiger partial charge >= 0.3 is 17.1 Å². The first kappa shape index (κ1) is 28.8. The van der Waals surface area contributed by atoms with E-state index in [-0.39, 0.29) is 47.7 Å². The summed E-state index contributed by atoms with van der Waals surface area (Å²) in [4.78, 5) is 20.8. The zero-order valence-corrected chi connectivity index (χ0v) is 20.3. The van der Waals surface area contributed by atoms with Gasteiger partial charge in [-0.3, -0.25) is 9.78 Å². The van der Waals surface area contributed by atoms with Crippen molar-refractivity contribution in [3.63, 3.8) is 0 Å². The van der Waals surface area contributed by atoms with Crippen LogP contribution in [0.2, 0.25) is 0 Å². The van der Waals surface area contributed by atoms with Gasteiger partial charge in [-0.2, -0.15) is 0 Å². The van der Waals surface area contributed by atoms with Crippen molar-refractivity contribution in [3.05, 3.63) is 77.6 Å². The van der Waals surface area contributed by atoms with Gasteiger partial charge in [-0.25, -0.2) is 4.98 Å². The number of nitrogens with zero attached hydrogens (tertiary/aromatic N) is 2. The number of anilines is 1. The Morgan fingerprint density at radius 1 is 0.871 bits per heavy atom. The molecule has 0 aliphatic heterocycles. The number of hydrogen-bond donors (Lipinski definition) is 1. The summed E-state index contributed by atoms with van der Waals surface area (Å²) in [6, 6.07) is 17.7. The van der Waals surface area contributed by atoms with Crippen LogP contribution in [0.1, 0.15) is 41.4 Å². The maximum absolute atomic E-state index is 11.9. The maximum Gasteiger partial charge on any atom is 2.00 e. The van der Waals surface area contributed by atoms with E-state index >= 15 is 0 Å². The first-order valence-corrected chi connectivity index (χ1v) is 9.50. The Bertz CT molecular complexity index is 1130. The van der Waals surface area contributed by atoms with E-state index < -0.39 is 0 Å². The van der Waals surface area contributed by atoms with E-state index in [4.69, 9.17) is 5.73 Å². The molecular formula is C24H25Cl2FeN3O. The molecule has 0 aliphatic rings. The number of nitrogens with two attached hydrogens (primary N) is 1. The number of hydrogen-bond acceptors (Lipinski definition) is 4. The topological polar surface area (TPSA) is 68.9 Å². The van der Waals surface area contributed by atoms with Crippen molar-refractivity contribution in [1.82, 2.24) is 9.97 Å². The second kappa shape index (κ2) is 13.3. The Labute approximate surface area is 206 Å². The van der Waals surface area contributed by atoms with E-state index in [0.29, 0.717) is 12.1 Å². The van der Waals surface area contributed by atoms with Gasteiger partial charge in [-0.05, 0) is 43.5 Å². The molecular weight excluding hydrogens is 473 g/mol. The number of aryl methyl sites for hydroxylation is 2. The third-order valence-corrected chi connectivity index (χ3v) is 4.74. The van der Waals surface area contributed by atoms with Crippen molar-refractivity contribution >= 4 is 33.3 Å². The minimum absolute atomic E-state index is 0. The summed E-state index contributed by atoms with van der Waals surface area (Å²) in [5, 5.41) is 2.06. The molecule has 2 aromatic carbocycles.